The summed E-state index contributed by atoms with van der Waals surface area (Å²) in [6.45, 7) is 5.28. The van der Waals surface area contributed by atoms with Crippen LogP contribution in [0.15, 0.2) is 18.2 Å². The molecule has 0 saturated carbocycles. The van der Waals surface area contributed by atoms with Crippen LogP contribution in [0.2, 0.25) is 0 Å². The Bertz CT molecular complexity index is 359. The maximum Gasteiger partial charge on any atom is 0.138 e. The summed E-state index contributed by atoms with van der Waals surface area (Å²) in [5.74, 6) is 0.187. The molecule has 4 heteroatoms. The fourth-order valence-corrected chi connectivity index (χ4v) is 1.95. The smallest absolute Gasteiger partial charge is 0.138 e. The Labute approximate surface area is 96.3 Å². The minimum Gasteiger partial charge on any atom is -0.506 e. The van der Waals surface area contributed by atoms with Gasteiger partial charge < -0.3 is 15.7 Å². The number of aromatic hydroxyl groups is 1. The lowest BCUT2D eigenvalue weighted by Crippen LogP contribution is -2.43. The van der Waals surface area contributed by atoms with Crippen molar-refractivity contribution >= 4 is 5.69 Å². The van der Waals surface area contributed by atoms with Crippen LogP contribution in [0.5, 0.6) is 5.75 Å². The van der Waals surface area contributed by atoms with Crippen molar-refractivity contribution in [1.82, 2.24) is 9.80 Å². The van der Waals surface area contributed by atoms with Crippen LogP contribution in [0.25, 0.3) is 0 Å². The highest BCUT2D eigenvalue weighted by Crippen LogP contribution is 2.21. The van der Waals surface area contributed by atoms with Crippen molar-refractivity contribution in [3.8, 4) is 5.75 Å². The standard InChI is InChI=1S/C12H19N3O/c1-14-4-6-15(7-5-14)9-10-2-3-11(13)12(16)8-10/h2-3,8,16H,4-7,9,13H2,1H3. The number of hydrogen-bond acceptors (Lipinski definition) is 4. The van der Waals surface area contributed by atoms with Crippen LogP contribution in [0.3, 0.4) is 0 Å². The second-order valence-corrected chi connectivity index (χ2v) is 4.47. The van der Waals surface area contributed by atoms with E-state index in [4.69, 9.17) is 5.73 Å². The summed E-state index contributed by atoms with van der Waals surface area (Å²) in [7, 11) is 2.15. The molecule has 0 amide bonds. The largest absolute Gasteiger partial charge is 0.506 e. The van der Waals surface area contributed by atoms with E-state index in [2.05, 4.69) is 16.8 Å². The predicted octanol–water partition coefficient (Wildman–Crippen LogP) is 0.722. The third kappa shape index (κ3) is 2.65. The summed E-state index contributed by atoms with van der Waals surface area (Å²) in [4.78, 5) is 4.72. The van der Waals surface area contributed by atoms with Gasteiger partial charge in [-0.2, -0.15) is 0 Å². The van der Waals surface area contributed by atoms with Gasteiger partial charge in [-0.15, -0.1) is 0 Å². The number of nitrogen functional groups attached to an aromatic ring is 1. The quantitative estimate of drug-likeness (QED) is 0.571. The monoisotopic (exact) mass is 221 g/mol. The predicted molar refractivity (Wildman–Crippen MR) is 65.3 cm³/mol. The Morgan fingerprint density at radius 1 is 1.25 bits per heavy atom. The zero-order valence-corrected chi connectivity index (χ0v) is 9.69. The van der Waals surface area contributed by atoms with E-state index in [1.54, 1.807) is 12.1 Å². The van der Waals surface area contributed by atoms with Crippen molar-refractivity contribution in [2.75, 3.05) is 39.0 Å². The van der Waals surface area contributed by atoms with Gasteiger partial charge in [0.15, 0.2) is 0 Å². The summed E-state index contributed by atoms with van der Waals surface area (Å²) >= 11 is 0. The molecule has 1 aliphatic rings. The lowest BCUT2D eigenvalue weighted by atomic mass is 10.1. The second-order valence-electron chi connectivity index (χ2n) is 4.47. The Kier molecular flexibility index (Phi) is 3.31. The summed E-state index contributed by atoms with van der Waals surface area (Å²) in [5, 5.41) is 9.52. The normalized spacial score (nSPS) is 18.8. The molecule has 1 aromatic rings. The molecule has 0 aliphatic carbocycles. The van der Waals surface area contributed by atoms with E-state index >= 15 is 0 Å². The Hall–Kier alpha value is -1.26. The third-order valence-electron chi connectivity index (χ3n) is 3.10. The van der Waals surface area contributed by atoms with Gasteiger partial charge in [-0.05, 0) is 24.7 Å². The molecule has 1 aliphatic heterocycles. The number of piperazine rings is 1. The molecule has 1 fully saturated rings. The second kappa shape index (κ2) is 4.72. The number of rotatable bonds is 2. The van der Waals surface area contributed by atoms with Gasteiger partial charge in [0.1, 0.15) is 5.75 Å². The van der Waals surface area contributed by atoms with Crippen LogP contribution >= 0.6 is 0 Å². The molecular formula is C12H19N3O. The molecular weight excluding hydrogens is 202 g/mol. The molecule has 0 aromatic heterocycles. The number of nitrogens with two attached hydrogens (primary N) is 1. The van der Waals surface area contributed by atoms with Crippen LogP contribution in [0.4, 0.5) is 5.69 Å². The molecule has 0 radical (unpaired) electrons. The zero-order valence-electron chi connectivity index (χ0n) is 9.69. The SMILES string of the molecule is CN1CCN(Cc2ccc(N)c(O)c2)CC1. The highest BCUT2D eigenvalue weighted by molar-refractivity contribution is 5.52. The van der Waals surface area contributed by atoms with Crippen LogP contribution < -0.4 is 5.73 Å². The molecule has 2 rings (SSSR count). The van der Waals surface area contributed by atoms with Gasteiger partial charge in [-0.25, -0.2) is 0 Å². The maximum atomic E-state index is 9.52. The number of benzene rings is 1. The molecule has 1 heterocycles. The Balaban J connectivity index is 1.96. The number of anilines is 1. The van der Waals surface area contributed by atoms with Crippen LogP contribution in [-0.2, 0) is 6.54 Å². The van der Waals surface area contributed by atoms with Crippen molar-refractivity contribution in [2.45, 2.75) is 6.54 Å². The van der Waals surface area contributed by atoms with Crippen LogP contribution in [0, 0.1) is 0 Å². The van der Waals surface area contributed by atoms with Crippen molar-refractivity contribution < 1.29 is 5.11 Å². The van der Waals surface area contributed by atoms with Crippen molar-refractivity contribution in [1.29, 1.82) is 0 Å². The summed E-state index contributed by atoms with van der Waals surface area (Å²) in [6.07, 6.45) is 0. The van der Waals surface area contributed by atoms with Crippen molar-refractivity contribution in [3.63, 3.8) is 0 Å². The minimum absolute atomic E-state index is 0.187. The summed E-state index contributed by atoms with van der Waals surface area (Å²) in [6, 6.07) is 5.50. The number of hydrogen-bond donors (Lipinski definition) is 2. The van der Waals surface area contributed by atoms with Gasteiger partial charge in [0.05, 0.1) is 5.69 Å². The number of likely N-dealkylation sites (N-methyl/N-ethyl adjacent to an activating group) is 1. The third-order valence-corrected chi connectivity index (χ3v) is 3.10. The van der Waals surface area contributed by atoms with E-state index in [1.807, 2.05) is 6.07 Å². The van der Waals surface area contributed by atoms with E-state index in [-0.39, 0.29) is 5.75 Å². The number of nitrogens with zero attached hydrogens (tertiary/aromatic N) is 2. The van der Waals surface area contributed by atoms with Gasteiger partial charge in [0.25, 0.3) is 0 Å². The topological polar surface area (TPSA) is 52.7 Å². The molecule has 88 valence electrons. The molecule has 1 saturated heterocycles. The zero-order chi connectivity index (χ0) is 11.5. The maximum absolute atomic E-state index is 9.52. The average Bonchev–Trinajstić information content (AvgIpc) is 2.27. The van der Waals surface area contributed by atoms with Crippen LogP contribution in [0.1, 0.15) is 5.56 Å². The molecule has 0 atom stereocenters. The fraction of sp³-hybridized carbons (Fsp3) is 0.500. The molecule has 0 bridgehead atoms. The highest BCUT2D eigenvalue weighted by Gasteiger charge is 2.14. The number of phenols is 1. The van der Waals surface area contributed by atoms with Gasteiger partial charge in [-0.1, -0.05) is 6.07 Å². The summed E-state index contributed by atoms with van der Waals surface area (Å²) < 4.78 is 0. The van der Waals surface area contributed by atoms with Crippen LogP contribution in [-0.4, -0.2) is 48.1 Å². The first kappa shape index (κ1) is 11.2. The average molecular weight is 221 g/mol. The van der Waals surface area contributed by atoms with E-state index in [0.717, 1.165) is 38.3 Å². The van der Waals surface area contributed by atoms with E-state index < -0.39 is 0 Å². The Morgan fingerprint density at radius 2 is 1.94 bits per heavy atom. The van der Waals surface area contributed by atoms with Gasteiger partial charge in [0, 0.05) is 32.7 Å². The highest BCUT2D eigenvalue weighted by atomic mass is 16.3. The first-order chi connectivity index (χ1) is 7.65. The van der Waals surface area contributed by atoms with E-state index in [0.29, 0.717) is 5.69 Å². The van der Waals surface area contributed by atoms with Gasteiger partial charge >= 0.3 is 0 Å². The van der Waals surface area contributed by atoms with Gasteiger partial charge in [-0.3, -0.25) is 4.90 Å². The molecule has 4 nitrogen and oxygen atoms in total. The molecule has 16 heavy (non-hydrogen) atoms. The molecule has 0 spiro atoms. The molecule has 0 unspecified atom stereocenters. The minimum atomic E-state index is 0.187. The van der Waals surface area contributed by atoms with E-state index in [9.17, 15) is 5.11 Å². The fourth-order valence-electron chi connectivity index (χ4n) is 1.95. The molecule has 1 aromatic carbocycles. The van der Waals surface area contributed by atoms with Crippen molar-refractivity contribution in [2.24, 2.45) is 0 Å². The van der Waals surface area contributed by atoms with Gasteiger partial charge in [0.2, 0.25) is 0 Å². The first-order valence-corrected chi connectivity index (χ1v) is 5.63. The lowest BCUT2D eigenvalue weighted by molar-refractivity contribution is 0.148. The number of phenolic OH excluding ortho intramolecular Hbond substituents is 1. The summed E-state index contributed by atoms with van der Waals surface area (Å²) in [5.41, 5.74) is 7.14. The lowest BCUT2D eigenvalue weighted by Gasteiger charge is -2.32. The van der Waals surface area contributed by atoms with E-state index in [1.165, 1.54) is 0 Å². The Morgan fingerprint density at radius 3 is 2.56 bits per heavy atom. The van der Waals surface area contributed by atoms with Crippen molar-refractivity contribution in [3.05, 3.63) is 23.8 Å². The molecule has 3 N–H and O–H groups in total. The first-order valence-electron chi connectivity index (χ1n) is 5.63.